The quantitative estimate of drug-likeness (QED) is 0.144. The van der Waals surface area contributed by atoms with Crippen molar-refractivity contribution in [3.8, 4) is 0 Å². The molecule has 4 nitrogen and oxygen atoms in total. The molecule has 6 rings (SSSR count). The lowest BCUT2D eigenvalue weighted by Crippen LogP contribution is -2.14. The molecule has 4 heteroatoms. The fourth-order valence-electron chi connectivity index (χ4n) is 5.73. The number of hydrogen-bond donors (Lipinski definition) is 4. The maximum atomic E-state index is 6.67. The summed E-state index contributed by atoms with van der Waals surface area (Å²) in [5, 5.41) is 3.66. The van der Waals surface area contributed by atoms with Crippen LogP contribution >= 0.6 is 0 Å². The van der Waals surface area contributed by atoms with E-state index in [1.165, 1.54) is 11.1 Å². The zero-order valence-corrected chi connectivity index (χ0v) is 25.9. The summed E-state index contributed by atoms with van der Waals surface area (Å²) in [4.78, 5) is 0. The van der Waals surface area contributed by atoms with Crippen molar-refractivity contribution in [2.24, 2.45) is 11.5 Å². The zero-order chi connectivity index (χ0) is 31.7. The number of allylic oxidation sites excluding steroid dienone is 9. The third kappa shape index (κ3) is 7.48. The Morgan fingerprint density at radius 3 is 2.20 bits per heavy atom. The minimum Gasteiger partial charge on any atom is -0.401 e. The molecule has 7 N–H and O–H groups in total. The number of hydrogen-bond acceptors (Lipinski definition) is 4. The second kappa shape index (κ2) is 14.4. The summed E-state index contributed by atoms with van der Waals surface area (Å²) in [7, 11) is 0. The van der Waals surface area contributed by atoms with Crippen molar-refractivity contribution in [3.05, 3.63) is 196 Å². The van der Waals surface area contributed by atoms with Gasteiger partial charge in [-0.15, -0.1) is 0 Å². The average Bonchev–Trinajstić information content (AvgIpc) is 3.10. The molecule has 1 aliphatic carbocycles. The highest BCUT2D eigenvalue weighted by molar-refractivity contribution is 5.87. The van der Waals surface area contributed by atoms with Crippen LogP contribution in [-0.4, -0.2) is 0 Å². The molecule has 0 spiro atoms. The van der Waals surface area contributed by atoms with Crippen LogP contribution in [0.25, 0.3) is 17.8 Å². The van der Waals surface area contributed by atoms with Gasteiger partial charge in [0.25, 0.3) is 0 Å². The van der Waals surface area contributed by atoms with E-state index in [1.54, 1.807) is 0 Å². The van der Waals surface area contributed by atoms with Crippen molar-refractivity contribution >= 4 is 29.2 Å². The van der Waals surface area contributed by atoms with E-state index in [9.17, 15) is 0 Å². The molecule has 1 aliphatic heterocycles. The van der Waals surface area contributed by atoms with Gasteiger partial charge in [-0.1, -0.05) is 146 Å². The third-order valence-corrected chi connectivity index (χ3v) is 8.37. The van der Waals surface area contributed by atoms with E-state index in [2.05, 4.69) is 133 Å². The Morgan fingerprint density at radius 1 is 0.761 bits per heavy atom. The fourth-order valence-corrected chi connectivity index (χ4v) is 5.73. The Morgan fingerprint density at radius 2 is 1.48 bits per heavy atom. The van der Waals surface area contributed by atoms with Gasteiger partial charge < -0.3 is 22.5 Å². The molecular formula is C42H40N4. The van der Waals surface area contributed by atoms with E-state index >= 15 is 0 Å². The molecule has 4 aromatic rings. The smallest absolute Gasteiger partial charge is 0.0702 e. The zero-order valence-electron chi connectivity index (χ0n) is 25.9. The molecule has 0 saturated carbocycles. The molecule has 0 fully saturated rings. The van der Waals surface area contributed by atoms with Gasteiger partial charge in [0.05, 0.1) is 17.4 Å². The first kappa shape index (κ1) is 30.3. The molecule has 0 saturated heterocycles. The topological polar surface area (TPSA) is 90.1 Å². The molecule has 228 valence electrons. The first-order chi connectivity index (χ1) is 22.5. The van der Waals surface area contributed by atoms with Gasteiger partial charge >= 0.3 is 0 Å². The summed E-state index contributed by atoms with van der Waals surface area (Å²) >= 11 is 0. The van der Waals surface area contributed by atoms with Crippen LogP contribution in [0.5, 0.6) is 0 Å². The average molecular weight is 601 g/mol. The number of benzene rings is 4. The van der Waals surface area contributed by atoms with Crippen molar-refractivity contribution in [2.75, 3.05) is 11.1 Å². The SMILES string of the molecule is NC1=C(/C=C\Cc2ccccc2)C=C/C(=C/C=C(\N)c2cccc(C3C=Cc4ccc(/C=C\Cc5ccccc5)c(N)c4N3)c2)C1. The van der Waals surface area contributed by atoms with Crippen molar-refractivity contribution in [1.29, 1.82) is 0 Å². The van der Waals surface area contributed by atoms with Crippen LogP contribution in [0.3, 0.4) is 0 Å². The predicted octanol–water partition coefficient (Wildman–Crippen LogP) is 8.90. The van der Waals surface area contributed by atoms with Gasteiger partial charge in [-0.05, 0) is 69.5 Å². The molecule has 1 atom stereocenters. The second-order valence-electron chi connectivity index (χ2n) is 11.7. The highest BCUT2D eigenvalue weighted by atomic mass is 14.9. The molecule has 0 radical (unpaired) electrons. The van der Waals surface area contributed by atoms with Crippen LogP contribution < -0.4 is 22.5 Å². The van der Waals surface area contributed by atoms with Crippen LogP contribution in [0.1, 0.15) is 45.8 Å². The van der Waals surface area contributed by atoms with E-state index in [4.69, 9.17) is 17.2 Å². The van der Waals surface area contributed by atoms with E-state index in [-0.39, 0.29) is 6.04 Å². The molecule has 0 aromatic heterocycles. The Kier molecular flexibility index (Phi) is 9.46. The van der Waals surface area contributed by atoms with E-state index < -0.39 is 0 Å². The first-order valence-electron chi connectivity index (χ1n) is 15.7. The standard InChI is InChI=1S/C42H40N4/c43-38(26-21-32-20-22-33(39(44)28-32)16-7-14-30-10-3-1-4-11-30)36-18-9-19-37(29-36)40-27-25-35-24-23-34(41(45)42(35)46-40)17-8-15-31-12-5-2-6-13-31/h1-13,16-27,29,40,46H,14-15,28,43-45H2/b16-7-,17-8-,32-21-,38-26-. The number of nitrogens with two attached hydrogens (primary N) is 3. The molecule has 46 heavy (non-hydrogen) atoms. The number of nitrogen functional groups attached to an aromatic ring is 1. The van der Waals surface area contributed by atoms with Gasteiger partial charge in [0.2, 0.25) is 0 Å². The van der Waals surface area contributed by atoms with Crippen LogP contribution in [0.2, 0.25) is 0 Å². The van der Waals surface area contributed by atoms with Gasteiger partial charge in [0.1, 0.15) is 0 Å². The van der Waals surface area contributed by atoms with Gasteiger partial charge in [0.15, 0.2) is 0 Å². The van der Waals surface area contributed by atoms with Gasteiger partial charge in [-0.3, -0.25) is 0 Å². The monoisotopic (exact) mass is 600 g/mol. The van der Waals surface area contributed by atoms with Crippen molar-refractivity contribution in [2.45, 2.75) is 25.3 Å². The molecular weight excluding hydrogens is 560 g/mol. The number of nitrogens with one attached hydrogen (secondary N) is 1. The molecule has 2 aliphatic rings. The van der Waals surface area contributed by atoms with E-state index in [0.29, 0.717) is 12.1 Å². The van der Waals surface area contributed by atoms with Crippen molar-refractivity contribution in [1.82, 2.24) is 0 Å². The van der Waals surface area contributed by atoms with Crippen LogP contribution in [0.15, 0.2) is 163 Å². The summed E-state index contributed by atoms with van der Waals surface area (Å²) in [6, 6.07) is 33.4. The summed E-state index contributed by atoms with van der Waals surface area (Å²) in [6.45, 7) is 0. The Labute approximate surface area is 272 Å². The number of anilines is 2. The first-order valence-corrected chi connectivity index (χ1v) is 15.7. The number of fused-ring (bicyclic) bond motifs is 1. The Bertz CT molecular complexity index is 1900. The minimum atomic E-state index is -0.0240. The summed E-state index contributed by atoms with van der Waals surface area (Å²) < 4.78 is 0. The molecule has 1 heterocycles. The van der Waals surface area contributed by atoms with E-state index in [0.717, 1.165) is 63.3 Å². The van der Waals surface area contributed by atoms with Gasteiger partial charge in [0, 0.05) is 17.8 Å². The van der Waals surface area contributed by atoms with Crippen LogP contribution in [0, 0.1) is 0 Å². The van der Waals surface area contributed by atoms with E-state index in [1.807, 2.05) is 30.3 Å². The Hall–Kier alpha value is -5.74. The minimum absolute atomic E-state index is 0.0240. The highest BCUT2D eigenvalue weighted by Gasteiger charge is 2.18. The normalized spacial score (nSPS) is 17.2. The Balaban J connectivity index is 1.11. The molecule has 1 unspecified atom stereocenters. The predicted molar refractivity (Wildman–Crippen MR) is 196 cm³/mol. The lowest BCUT2D eigenvalue weighted by atomic mass is 9.95. The van der Waals surface area contributed by atoms with Crippen LogP contribution in [-0.2, 0) is 12.8 Å². The summed E-state index contributed by atoms with van der Waals surface area (Å²) in [5.74, 6) is 0. The van der Waals surface area contributed by atoms with Crippen molar-refractivity contribution < 1.29 is 0 Å². The molecule has 4 aromatic carbocycles. The van der Waals surface area contributed by atoms with Gasteiger partial charge in [-0.2, -0.15) is 0 Å². The number of rotatable bonds is 9. The largest absolute Gasteiger partial charge is 0.401 e. The lowest BCUT2D eigenvalue weighted by Gasteiger charge is -2.25. The lowest BCUT2D eigenvalue weighted by molar-refractivity contribution is 0.978. The fraction of sp³-hybridized carbons (Fsp3) is 0.0952. The maximum absolute atomic E-state index is 6.67. The van der Waals surface area contributed by atoms with Gasteiger partial charge in [-0.25, -0.2) is 0 Å². The summed E-state index contributed by atoms with van der Waals surface area (Å²) in [5.41, 5.74) is 31.8. The molecule has 0 bridgehead atoms. The van der Waals surface area contributed by atoms with Crippen LogP contribution in [0.4, 0.5) is 11.4 Å². The molecule has 0 amide bonds. The van der Waals surface area contributed by atoms with Crippen molar-refractivity contribution in [3.63, 3.8) is 0 Å². The highest BCUT2D eigenvalue weighted by Crippen LogP contribution is 2.37. The third-order valence-electron chi connectivity index (χ3n) is 8.37. The maximum Gasteiger partial charge on any atom is 0.0702 e. The summed E-state index contributed by atoms with van der Waals surface area (Å²) in [6.07, 6.45) is 23.5. The second-order valence-corrected chi connectivity index (χ2v) is 11.7.